The number of carbonyl (C=O) groups excluding carboxylic acids is 1. The van der Waals surface area contributed by atoms with Gasteiger partial charge in [0.15, 0.2) is 0 Å². The number of hydrogen-bond acceptors (Lipinski definition) is 3. The van der Waals surface area contributed by atoms with Crippen LogP contribution in [-0.2, 0) is 0 Å². The molecule has 110 valence electrons. The van der Waals surface area contributed by atoms with Crippen molar-refractivity contribution in [3.63, 3.8) is 0 Å². The Morgan fingerprint density at radius 1 is 1.19 bits per heavy atom. The molecule has 0 fully saturated rings. The van der Waals surface area contributed by atoms with Gasteiger partial charge in [0, 0.05) is 22.7 Å². The molecule has 0 atom stereocenters. The van der Waals surface area contributed by atoms with Crippen LogP contribution in [0.25, 0.3) is 0 Å². The van der Waals surface area contributed by atoms with Gasteiger partial charge in [0.05, 0.1) is 5.69 Å². The smallest absolute Gasteiger partial charge is 0.321 e. The highest BCUT2D eigenvalue weighted by molar-refractivity contribution is 8.00. The van der Waals surface area contributed by atoms with Crippen LogP contribution in [0.3, 0.4) is 0 Å². The van der Waals surface area contributed by atoms with Crippen LogP contribution < -0.4 is 5.32 Å². The van der Waals surface area contributed by atoms with Crippen molar-refractivity contribution in [1.29, 1.82) is 0 Å². The third kappa shape index (κ3) is 4.45. The minimum absolute atomic E-state index is 0.00189. The van der Waals surface area contributed by atoms with E-state index < -0.39 is 17.4 Å². The number of nitrogens with one attached hydrogen (secondary N) is 1. The Kier molecular flexibility index (Phi) is 4.46. The van der Waals surface area contributed by atoms with E-state index in [0.717, 1.165) is 12.3 Å². The Morgan fingerprint density at radius 3 is 2.57 bits per heavy atom. The predicted octanol–water partition coefficient (Wildman–Crippen LogP) is 4.08. The lowest BCUT2D eigenvalue weighted by atomic mass is 10.2. The molecule has 21 heavy (non-hydrogen) atoms. The van der Waals surface area contributed by atoms with Gasteiger partial charge in [0.2, 0.25) is 5.95 Å². The Bertz CT molecular complexity index is 661. The first kappa shape index (κ1) is 15.3. The fourth-order valence-electron chi connectivity index (χ4n) is 1.52. The molecule has 3 nitrogen and oxygen atoms in total. The Morgan fingerprint density at radius 2 is 1.90 bits per heavy atom. The minimum Gasteiger partial charge on any atom is -0.321 e. The average molecular weight is 316 g/mol. The number of rotatable bonds is 3. The van der Waals surface area contributed by atoms with E-state index in [0.29, 0.717) is 0 Å². The molecule has 0 radical (unpaired) electrons. The average Bonchev–Trinajstić information content (AvgIpc) is 2.39. The monoisotopic (exact) mass is 316 g/mol. The first-order valence-electron chi connectivity index (χ1n) is 5.63. The van der Waals surface area contributed by atoms with Crippen molar-refractivity contribution in [3.05, 3.63) is 54.1 Å². The lowest BCUT2D eigenvalue weighted by molar-refractivity contribution is -0.0328. The molecule has 8 heteroatoms. The van der Waals surface area contributed by atoms with Gasteiger partial charge in [-0.1, -0.05) is 12.1 Å². The maximum atomic E-state index is 12.9. The number of pyridine rings is 1. The van der Waals surface area contributed by atoms with E-state index >= 15 is 0 Å². The van der Waals surface area contributed by atoms with Crippen molar-refractivity contribution in [2.75, 3.05) is 5.32 Å². The van der Waals surface area contributed by atoms with E-state index in [-0.39, 0.29) is 27.9 Å². The third-order valence-corrected chi connectivity index (χ3v) is 3.16. The molecule has 1 heterocycles. The number of halogens is 4. The van der Waals surface area contributed by atoms with Crippen molar-refractivity contribution in [2.24, 2.45) is 0 Å². The summed E-state index contributed by atoms with van der Waals surface area (Å²) < 4.78 is 50.2. The Labute approximate surface area is 121 Å². The van der Waals surface area contributed by atoms with E-state index in [1.807, 2.05) is 0 Å². The van der Waals surface area contributed by atoms with Crippen LogP contribution >= 0.6 is 11.8 Å². The number of hydrogen-bond donors (Lipinski definition) is 1. The summed E-state index contributed by atoms with van der Waals surface area (Å²) in [5.74, 6) is -1.56. The number of carbonyl (C=O) groups is 1. The summed E-state index contributed by atoms with van der Waals surface area (Å²) in [6.45, 7) is 0. The topological polar surface area (TPSA) is 42.0 Å². The van der Waals surface area contributed by atoms with Gasteiger partial charge in [-0.25, -0.2) is 4.98 Å². The quantitative estimate of drug-likeness (QED) is 0.527. The number of para-hydroxylation sites is 1. The van der Waals surface area contributed by atoms with E-state index in [1.165, 1.54) is 30.3 Å². The molecule has 0 aliphatic carbocycles. The molecule has 0 saturated carbocycles. The number of benzene rings is 1. The van der Waals surface area contributed by atoms with Crippen LogP contribution in [0.15, 0.2) is 47.5 Å². The molecule has 0 spiro atoms. The fraction of sp³-hybridized carbons (Fsp3) is 0.0769. The largest absolute Gasteiger partial charge is 0.446 e. The van der Waals surface area contributed by atoms with Gasteiger partial charge in [0.1, 0.15) is 0 Å². The molecular formula is C13H8F4N2OS. The second kappa shape index (κ2) is 6.13. The van der Waals surface area contributed by atoms with Crippen LogP contribution in [0.2, 0.25) is 0 Å². The maximum Gasteiger partial charge on any atom is 0.446 e. The first-order chi connectivity index (χ1) is 9.85. The van der Waals surface area contributed by atoms with Gasteiger partial charge >= 0.3 is 5.51 Å². The van der Waals surface area contributed by atoms with Gasteiger partial charge in [-0.2, -0.15) is 17.6 Å². The summed E-state index contributed by atoms with van der Waals surface area (Å²) >= 11 is -0.333. The minimum atomic E-state index is -4.47. The van der Waals surface area contributed by atoms with Gasteiger partial charge < -0.3 is 5.32 Å². The highest BCUT2D eigenvalue weighted by Gasteiger charge is 2.30. The van der Waals surface area contributed by atoms with E-state index in [1.54, 1.807) is 0 Å². The zero-order chi connectivity index (χ0) is 15.5. The van der Waals surface area contributed by atoms with E-state index in [9.17, 15) is 22.4 Å². The van der Waals surface area contributed by atoms with Crippen LogP contribution in [0.4, 0.5) is 23.2 Å². The number of amides is 1. The third-order valence-electron chi connectivity index (χ3n) is 2.35. The van der Waals surface area contributed by atoms with Gasteiger partial charge in [0.25, 0.3) is 5.91 Å². The lowest BCUT2D eigenvalue weighted by Crippen LogP contribution is -2.13. The van der Waals surface area contributed by atoms with Crippen molar-refractivity contribution >= 4 is 23.4 Å². The van der Waals surface area contributed by atoms with Crippen LogP contribution in [-0.4, -0.2) is 16.4 Å². The zero-order valence-electron chi connectivity index (χ0n) is 10.3. The number of nitrogens with zero attached hydrogens (tertiary/aromatic N) is 1. The Balaban J connectivity index is 2.22. The number of thioether (sulfide) groups is 1. The highest BCUT2D eigenvalue weighted by atomic mass is 32.2. The number of aromatic nitrogens is 1. The summed E-state index contributed by atoms with van der Waals surface area (Å²) in [6.07, 6.45) is 1.10. The fourth-order valence-corrected chi connectivity index (χ4v) is 2.15. The van der Waals surface area contributed by atoms with Gasteiger partial charge in [-0.3, -0.25) is 4.79 Å². The maximum absolute atomic E-state index is 12.9. The molecule has 2 rings (SSSR count). The standard InChI is InChI=1S/C13H8F4N2OS/c14-11-7-8(5-6-18-11)12(20)19-9-3-1-2-4-10(9)21-13(15,16)17/h1-7H,(H,19,20). The molecule has 1 amide bonds. The summed E-state index contributed by atoms with van der Waals surface area (Å²) in [4.78, 5) is 15.0. The first-order valence-corrected chi connectivity index (χ1v) is 6.44. The van der Waals surface area contributed by atoms with Crippen molar-refractivity contribution in [3.8, 4) is 0 Å². The second-order valence-electron chi connectivity index (χ2n) is 3.87. The summed E-state index contributed by atoms with van der Waals surface area (Å²) in [5, 5.41) is 2.32. The summed E-state index contributed by atoms with van der Waals surface area (Å²) in [7, 11) is 0. The Hall–Kier alpha value is -2.09. The van der Waals surface area contributed by atoms with E-state index in [4.69, 9.17) is 0 Å². The molecule has 1 aromatic carbocycles. The van der Waals surface area contributed by atoms with Crippen LogP contribution in [0, 0.1) is 5.95 Å². The second-order valence-corrected chi connectivity index (χ2v) is 4.97. The van der Waals surface area contributed by atoms with E-state index in [2.05, 4.69) is 10.3 Å². The van der Waals surface area contributed by atoms with Crippen molar-refractivity contribution < 1.29 is 22.4 Å². The molecule has 0 aliphatic rings. The molecule has 0 saturated heterocycles. The lowest BCUT2D eigenvalue weighted by Gasteiger charge is -2.12. The van der Waals surface area contributed by atoms with Crippen molar-refractivity contribution in [1.82, 2.24) is 4.98 Å². The van der Waals surface area contributed by atoms with Crippen molar-refractivity contribution in [2.45, 2.75) is 10.4 Å². The zero-order valence-corrected chi connectivity index (χ0v) is 11.1. The van der Waals surface area contributed by atoms with Gasteiger partial charge in [-0.15, -0.1) is 0 Å². The molecule has 0 bridgehead atoms. The molecule has 0 unspecified atom stereocenters. The van der Waals surface area contributed by atoms with Crippen LogP contribution in [0.5, 0.6) is 0 Å². The molecular weight excluding hydrogens is 308 g/mol. The highest BCUT2D eigenvalue weighted by Crippen LogP contribution is 2.40. The SMILES string of the molecule is O=C(Nc1ccccc1SC(F)(F)F)c1ccnc(F)c1. The van der Waals surface area contributed by atoms with Gasteiger partial charge in [-0.05, 0) is 30.0 Å². The predicted molar refractivity (Wildman–Crippen MR) is 70.5 cm³/mol. The molecule has 2 aromatic rings. The molecule has 1 N–H and O–H groups in total. The summed E-state index contributed by atoms with van der Waals surface area (Å²) in [6, 6.07) is 7.65. The summed E-state index contributed by atoms with van der Waals surface area (Å²) in [5.41, 5.74) is -4.50. The molecule has 1 aromatic heterocycles. The number of anilines is 1. The normalized spacial score (nSPS) is 11.2. The molecule has 0 aliphatic heterocycles. The van der Waals surface area contributed by atoms with Crippen LogP contribution in [0.1, 0.15) is 10.4 Å². The number of alkyl halides is 3.